The molecule has 1 unspecified atom stereocenters. The Morgan fingerprint density at radius 2 is 1.91 bits per heavy atom. The number of carbonyl (C=O) groups excluding carboxylic acids is 1. The van der Waals surface area contributed by atoms with E-state index in [1.165, 1.54) is 0 Å². The molecule has 7 nitrogen and oxygen atoms in total. The molecule has 0 spiro atoms. The normalized spacial score (nSPS) is 17.1. The van der Waals surface area contributed by atoms with Crippen molar-refractivity contribution in [2.24, 2.45) is 0 Å². The van der Waals surface area contributed by atoms with E-state index in [1.807, 2.05) is 73.7 Å². The highest BCUT2D eigenvalue weighted by Gasteiger charge is 2.35. The van der Waals surface area contributed by atoms with E-state index in [2.05, 4.69) is 20.4 Å². The number of fused-ring (bicyclic) bond motifs is 2. The first kappa shape index (κ1) is 20.3. The zero-order chi connectivity index (χ0) is 23.2. The number of pyridine rings is 1. The third-order valence-corrected chi connectivity index (χ3v) is 6.24. The van der Waals surface area contributed by atoms with Gasteiger partial charge in [0, 0.05) is 23.9 Å². The smallest absolute Gasteiger partial charge is 0.274 e. The van der Waals surface area contributed by atoms with E-state index < -0.39 is 6.17 Å². The first-order chi connectivity index (χ1) is 16.6. The van der Waals surface area contributed by atoms with Crippen molar-refractivity contribution in [1.29, 1.82) is 0 Å². The van der Waals surface area contributed by atoms with Crippen molar-refractivity contribution in [3.63, 3.8) is 0 Å². The van der Waals surface area contributed by atoms with Gasteiger partial charge >= 0.3 is 0 Å². The van der Waals surface area contributed by atoms with E-state index in [0.29, 0.717) is 40.7 Å². The van der Waals surface area contributed by atoms with Crippen molar-refractivity contribution in [2.75, 3.05) is 5.32 Å². The SMILES string of the molecule is Cc1ccc(-c2nc3n(n2)[C@H](c2ccccc2)CC3F)cc1NC(=O)c1cnc2ccccn12. The summed E-state index contributed by atoms with van der Waals surface area (Å²) in [5.74, 6) is 0.497. The molecule has 6 rings (SSSR count). The van der Waals surface area contributed by atoms with Crippen LogP contribution in [0.1, 0.15) is 46.1 Å². The van der Waals surface area contributed by atoms with Crippen molar-refractivity contribution in [1.82, 2.24) is 24.1 Å². The van der Waals surface area contributed by atoms with Gasteiger partial charge in [0.05, 0.1) is 12.2 Å². The third kappa shape index (κ3) is 3.35. The summed E-state index contributed by atoms with van der Waals surface area (Å²) in [6.45, 7) is 1.91. The molecule has 1 amide bonds. The van der Waals surface area contributed by atoms with Crippen molar-refractivity contribution in [3.05, 3.63) is 102 Å². The fourth-order valence-electron chi connectivity index (χ4n) is 4.44. The number of benzene rings is 2. The molecule has 5 aromatic rings. The Morgan fingerprint density at radius 3 is 2.76 bits per heavy atom. The highest BCUT2D eigenvalue weighted by molar-refractivity contribution is 6.04. The molecule has 1 N–H and O–H groups in total. The zero-order valence-corrected chi connectivity index (χ0v) is 18.4. The molecule has 1 aliphatic rings. The number of anilines is 1. The van der Waals surface area contributed by atoms with Crippen LogP contribution in [0.15, 0.2) is 79.1 Å². The molecule has 2 aromatic carbocycles. The number of hydrogen-bond donors (Lipinski definition) is 1. The summed E-state index contributed by atoms with van der Waals surface area (Å²) in [5, 5.41) is 7.62. The van der Waals surface area contributed by atoms with E-state index in [1.54, 1.807) is 21.5 Å². The van der Waals surface area contributed by atoms with Gasteiger partial charge in [0.15, 0.2) is 17.8 Å². The molecular weight excluding hydrogens is 431 g/mol. The van der Waals surface area contributed by atoms with Crippen molar-refractivity contribution in [2.45, 2.75) is 25.6 Å². The number of nitrogens with one attached hydrogen (secondary N) is 1. The molecule has 0 fully saturated rings. The van der Waals surface area contributed by atoms with Crippen LogP contribution in [0.5, 0.6) is 0 Å². The maximum Gasteiger partial charge on any atom is 0.274 e. The van der Waals surface area contributed by atoms with Crippen molar-refractivity contribution in [3.8, 4) is 11.4 Å². The minimum absolute atomic E-state index is 0.188. The van der Waals surface area contributed by atoms with E-state index in [-0.39, 0.29) is 11.9 Å². The van der Waals surface area contributed by atoms with Crippen LogP contribution in [0.2, 0.25) is 0 Å². The molecule has 3 aromatic heterocycles. The standard InChI is InChI=1S/C26H21FN6O/c1-16-10-11-18(13-20(16)29-26(34)22-15-28-23-9-5-6-12-32(22)23)24-30-25-19(27)14-21(33(25)31-24)17-7-3-2-4-8-17/h2-13,15,19,21H,14H2,1H3,(H,29,34)/t19?,21-/m0/s1. The molecule has 168 valence electrons. The van der Waals surface area contributed by atoms with Gasteiger partial charge in [-0.15, -0.1) is 0 Å². The highest BCUT2D eigenvalue weighted by Crippen LogP contribution is 2.40. The molecular formula is C26H21FN6O. The van der Waals surface area contributed by atoms with Gasteiger partial charge in [-0.3, -0.25) is 9.20 Å². The zero-order valence-electron chi connectivity index (χ0n) is 18.4. The Hall–Kier alpha value is -4.33. The quantitative estimate of drug-likeness (QED) is 0.409. The Bertz CT molecular complexity index is 1520. The molecule has 0 radical (unpaired) electrons. The number of alkyl halides is 1. The Labute approximate surface area is 194 Å². The van der Waals surface area contributed by atoms with Gasteiger partial charge in [-0.2, -0.15) is 5.10 Å². The number of aryl methyl sites for hydroxylation is 1. The molecule has 0 aliphatic carbocycles. The monoisotopic (exact) mass is 452 g/mol. The van der Waals surface area contributed by atoms with E-state index in [4.69, 9.17) is 0 Å². The highest BCUT2D eigenvalue weighted by atomic mass is 19.1. The Balaban J connectivity index is 1.32. The summed E-state index contributed by atoms with van der Waals surface area (Å²) in [6, 6.07) is 20.8. The predicted octanol–water partition coefficient (Wildman–Crippen LogP) is 5.16. The summed E-state index contributed by atoms with van der Waals surface area (Å²) >= 11 is 0. The maximum absolute atomic E-state index is 14.8. The minimum atomic E-state index is -1.17. The molecule has 8 heteroatoms. The lowest BCUT2D eigenvalue weighted by molar-refractivity contribution is 0.102. The maximum atomic E-state index is 14.8. The first-order valence-corrected chi connectivity index (χ1v) is 11.1. The average Bonchev–Trinajstić information content (AvgIpc) is 3.56. The van der Waals surface area contributed by atoms with Gasteiger partial charge in [-0.1, -0.05) is 48.5 Å². The van der Waals surface area contributed by atoms with Crippen LogP contribution < -0.4 is 5.32 Å². The largest absolute Gasteiger partial charge is 0.320 e. The van der Waals surface area contributed by atoms with Gasteiger partial charge in [-0.25, -0.2) is 19.0 Å². The summed E-state index contributed by atoms with van der Waals surface area (Å²) in [5.41, 5.74) is 4.38. The lowest BCUT2D eigenvalue weighted by Gasteiger charge is -2.12. The van der Waals surface area contributed by atoms with Crippen LogP contribution in [-0.4, -0.2) is 30.1 Å². The van der Waals surface area contributed by atoms with E-state index >= 15 is 0 Å². The second kappa shape index (κ2) is 7.91. The third-order valence-electron chi connectivity index (χ3n) is 6.24. The number of amides is 1. The van der Waals surface area contributed by atoms with Gasteiger partial charge < -0.3 is 5.32 Å². The lowest BCUT2D eigenvalue weighted by Crippen LogP contribution is -2.15. The second-order valence-corrected chi connectivity index (χ2v) is 8.42. The molecule has 1 aliphatic heterocycles. The summed E-state index contributed by atoms with van der Waals surface area (Å²) in [4.78, 5) is 21.8. The molecule has 4 heterocycles. The molecule has 0 bridgehead atoms. The van der Waals surface area contributed by atoms with Crippen LogP contribution in [0.4, 0.5) is 10.1 Å². The molecule has 0 saturated heterocycles. The van der Waals surface area contributed by atoms with Crippen molar-refractivity contribution < 1.29 is 9.18 Å². The number of nitrogens with zero attached hydrogens (tertiary/aromatic N) is 5. The predicted molar refractivity (Wildman–Crippen MR) is 126 cm³/mol. The number of imidazole rings is 1. The minimum Gasteiger partial charge on any atom is -0.320 e. The average molecular weight is 452 g/mol. The summed E-state index contributed by atoms with van der Waals surface area (Å²) in [7, 11) is 0. The number of carbonyl (C=O) groups is 1. The van der Waals surface area contributed by atoms with Crippen molar-refractivity contribution >= 4 is 17.2 Å². The topological polar surface area (TPSA) is 77.1 Å². The molecule has 34 heavy (non-hydrogen) atoms. The van der Waals surface area contributed by atoms with Crippen LogP contribution in [0, 0.1) is 6.92 Å². The number of aromatic nitrogens is 5. The number of hydrogen-bond acceptors (Lipinski definition) is 4. The van der Waals surface area contributed by atoms with Crippen LogP contribution >= 0.6 is 0 Å². The van der Waals surface area contributed by atoms with Crippen LogP contribution in [0.25, 0.3) is 17.0 Å². The van der Waals surface area contributed by atoms with Gasteiger partial charge in [-0.05, 0) is 36.2 Å². The van der Waals surface area contributed by atoms with Gasteiger partial charge in [0.25, 0.3) is 5.91 Å². The van der Waals surface area contributed by atoms with Gasteiger partial charge in [0.1, 0.15) is 11.3 Å². The number of rotatable bonds is 4. The Morgan fingerprint density at radius 1 is 1.09 bits per heavy atom. The van der Waals surface area contributed by atoms with Crippen LogP contribution in [0.3, 0.4) is 0 Å². The van der Waals surface area contributed by atoms with E-state index in [9.17, 15) is 9.18 Å². The summed E-state index contributed by atoms with van der Waals surface area (Å²) in [6.07, 6.45) is 2.50. The second-order valence-electron chi connectivity index (χ2n) is 8.42. The lowest BCUT2D eigenvalue weighted by atomic mass is 10.0. The van der Waals surface area contributed by atoms with Gasteiger partial charge in [0.2, 0.25) is 0 Å². The number of halogens is 1. The van der Waals surface area contributed by atoms with E-state index in [0.717, 1.165) is 11.1 Å². The fourth-order valence-corrected chi connectivity index (χ4v) is 4.44. The summed E-state index contributed by atoms with van der Waals surface area (Å²) < 4.78 is 18.2. The fraction of sp³-hybridized carbons (Fsp3) is 0.154. The molecule has 0 saturated carbocycles. The Kier molecular flexibility index (Phi) is 4.72. The molecule has 2 atom stereocenters. The van der Waals surface area contributed by atoms with Crippen LogP contribution in [-0.2, 0) is 0 Å². The first-order valence-electron chi connectivity index (χ1n) is 11.1.